The fourth-order valence-corrected chi connectivity index (χ4v) is 2.57. The number of benzene rings is 2. The molecule has 0 spiro atoms. The first-order valence-corrected chi connectivity index (χ1v) is 7.24. The third-order valence-corrected chi connectivity index (χ3v) is 3.86. The number of fused-ring (bicyclic) bond motifs is 1. The standard InChI is InChI=1S/C15H10BrF2N3O2.K/c1-21-6-19-14-11(21)5-8(15(22)23)13(12(14)18)20-10-3-2-7(16)4-9(10)17;/h2-6,20H,1H3,(H,22,23);/q;+1/p-1. The molecule has 0 aliphatic heterocycles. The van der Waals surface area contributed by atoms with Gasteiger partial charge in [-0.25, -0.2) is 13.8 Å². The van der Waals surface area contributed by atoms with Crippen LogP contribution in [0.1, 0.15) is 10.4 Å². The van der Waals surface area contributed by atoms with E-state index in [1.165, 1.54) is 29.1 Å². The van der Waals surface area contributed by atoms with E-state index in [1.54, 1.807) is 13.1 Å². The number of nitrogens with one attached hydrogen (secondary N) is 1. The van der Waals surface area contributed by atoms with Crippen molar-refractivity contribution >= 4 is 44.3 Å². The molecule has 0 fully saturated rings. The summed E-state index contributed by atoms with van der Waals surface area (Å²) >= 11 is 3.11. The second kappa shape index (κ2) is 7.59. The smallest absolute Gasteiger partial charge is 0.545 e. The number of rotatable bonds is 3. The van der Waals surface area contributed by atoms with Crippen LogP contribution in [0.3, 0.4) is 0 Å². The molecule has 9 heteroatoms. The fraction of sp³-hybridized carbons (Fsp3) is 0.0667. The number of nitrogens with zero attached hydrogens (tertiary/aromatic N) is 2. The number of carboxylic acid groups (broad SMARTS) is 1. The number of aromatic nitrogens is 2. The van der Waals surface area contributed by atoms with Gasteiger partial charge in [0.2, 0.25) is 0 Å². The number of aryl methyl sites for hydroxylation is 1. The Kier molecular flexibility index (Phi) is 6.16. The van der Waals surface area contributed by atoms with E-state index in [-0.39, 0.29) is 62.6 Å². The van der Waals surface area contributed by atoms with Gasteiger partial charge in [0.1, 0.15) is 11.3 Å². The summed E-state index contributed by atoms with van der Waals surface area (Å²) in [5.74, 6) is -3.12. The number of halogens is 3. The van der Waals surface area contributed by atoms with Crippen LogP contribution in [-0.2, 0) is 7.05 Å². The molecule has 0 unspecified atom stereocenters. The number of hydrogen-bond donors (Lipinski definition) is 1. The molecule has 24 heavy (non-hydrogen) atoms. The quantitative estimate of drug-likeness (QED) is 0.593. The first-order valence-electron chi connectivity index (χ1n) is 6.45. The maximum atomic E-state index is 14.6. The van der Waals surface area contributed by atoms with Gasteiger partial charge in [-0.05, 0) is 24.3 Å². The van der Waals surface area contributed by atoms with Crippen molar-refractivity contribution in [2.75, 3.05) is 5.32 Å². The molecule has 118 valence electrons. The third-order valence-electron chi connectivity index (χ3n) is 3.37. The van der Waals surface area contributed by atoms with Gasteiger partial charge in [0, 0.05) is 17.1 Å². The zero-order valence-electron chi connectivity index (χ0n) is 12.7. The Morgan fingerprint density at radius 1 is 1.33 bits per heavy atom. The summed E-state index contributed by atoms with van der Waals surface area (Å²) in [5, 5.41) is 13.8. The van der Waals surface area contributed by atoms with E-state index in [0.29, 0.717) is 9.99 Å². The average Bonchev–Trinajstić information content (AvgIpc) is 2.85. The van der Waals surface area contributed by atoms with Gasteiger partial charge >= 0.3 is 51.4 Å². The van der Waals surface area contributed by atoms with Crippen molar-refractivity contribution < 1.29 is 70.1 Å². The van der Waals surface area contributed by atoms with E-state index in [0.717, 1.165) is 0 Å². The van der Waals surface area contributed by atoms with Crippen molar-refractivity contribution in [2.45, 2.75) is 0 Å². The topological polar surface area (TPSA) is 70.0 Å². The maximum absolute atomic E-state index is 14.6. The van der Waals surface area contributed by atoms with Gasteiger partial charge < -0.3 is 19.8 Å². The van der Waals surface area contributed by atoms with Crippen LogP contribution in [0, 0.1) is 11.6 Å². The monoisotopic (exact) mass is 419 g/mol. The average molecular weight is 420 g/mol. The molecule has 3 rings (SSSR count). The summed E-state index contributed by atoms with van der Waals surface area (Å²) in [7, 11) is 1.61. The molecule has 0 aliphatic rings. The van der Waals surface area contributed by atoms with Crippen molar-refractivity contribution in [3.05, 3.63) is 52.3 Å². The predicted octanol–water partition coefficient (Wildman–Crippen LogP) is -0.275. The summed E-state index contributed by atoms with van der Waals surface area (Å²) in [6.45, 7) is 0. The van der Waals surface area contributed by atoms with Gasteiger partial charge in [-0.2, -0.15) is 0 Å². The molecule has 1 heterocycles. The molecule has 0 saturated heterocycles. The van der Waals surface area contributed by atoms with E-state index >= 15 is 0 Å². The van der Waals surface area contributed by atoms with E-state index in [9.17, 15) is 18.7 Å². The molecule has 0 saturated carbocycles. The Hall–Kier alpha value is -0.844. The van der Waals surface area contributed by atoms with Crippen molar-refractivity contribution in [3.63, 3.8) is 0 Å². The van der Waals surface area contributed by atoms with Crippen LogP contribution >= 0.6 is 15.9 Å². The molecule has 0 aliphatic carbocycles. The minimum atomic E-state index is -1.58. The summed E-state index contributed by atoms with van der Waals surface area (Å²) < 4.78 is 30.5. The van der Waals surface area contributed by atoms with Gasteiger partial charge in [-0.3, -0.25) is 0 Å². The van der Waals surface area contributed by atoms with Crippen LogP contribution in [0.15, 0.2) is 35.1 Å². The van der Waals surface area contributed by atoms with Crippen LogP contribution in [0.25, 0.3) is 11.0 Å². The van der Waals surface area contributed by atoms with E-state index in [4.69, 9.17) is 0 Å². The third kappa shape index (κ3) is 3.56. The minimum Gasteiger partial charge on any atom is -0.545 e. The van der Waals surface area contributed by atoms with Gasteiger partial charge in [0.25, 0.3) is 0 Å². The number of carboxylic acids is 1. The van der Waals surface area contributed by atoms with Crippen molar-refractivity contribution in [1.82, 2.24) is 9.55 Å². The first kappa shape index (κ1) is 19.5. The van der Waals surface area contributed by atoms with Crippen molar-refractivity contribution in [3.8, 4) is 0 Å². The minimum absolute atomic E-state index is 0. The maximum Gasteiger partial charge on any atom is 1.00 e. The Morgan fingerprint density at radius 2 is 2.04 bits per heavy atom. The van der Waals surface area contributed by atoms with Crippen molar-refractivity contribution in [2.24, 2.45) is 7.05 Å². The number of aromatic carboxylic acids is 1. The van der Waals surface area contributed by atoms with Crippen LogP contribution in [0.2, 0.25) is 0 Å². The summed E-state index contributed by atoms with van der Waals surface area (Å²) in [6, 6.07) is 5.32. The fourth-order valence-electron chi connectivity index (χ4n) is 2.23. The second-order valence-electron chi connectivity index (χ2n) is 4.87. The molecule has 5 nitrogen and oxygen atoms in total. The summed E-state index contributed by atoms with van der Waals surface area (Å²) in [4.78, 5) is 15.2. The summed E-state index contributed by atoms with van der Waals surface area (Å²) in [5.41, 5.74) is -0.593. The van der Waals surface area contributed by atoms with Crippen LogP contribution in [0.4, 0.5) is 20.2 Å². The number of hydrogen-bond acceptors (Lipinski definition) is 4. The van der Waals surface area contributed by atoms with Gasteiger partial charge in [0.15, 0.2) is 5.82 Å². The van der Waals surface area contributed by atoms with Crippen LogP contribution < -0.4 is 61.8 Å². The molecule has 0 radical (unpaired) electrons. The number of carbonyl (C=O) groups is 1. The molecule has 1 N–H and O–H groups in total. The summed E-state index contributed by atoms with van der Waals surface area (Å²) in [6.07, 6.45) is 1.36. The van der Waals surface area contributed by atoms with Gasteiger partial charge in [-0.15, -0.1) is 0 Å². The number of anilines is 2. The Morgan fingerprint density at radius 3 is 2.67 bits per heavy atom. The zero-order valence-corrected chi connectivity index (χ0v) is 17.4. The Labute approximate surface area is 186 Å². The van der Waals surface area contributed by atoms with Crippen LogP contribution in [0.5, 0.6) is 0 Å². The normalized spacial score (nSPS) is 10.5. The molecule has 3 aromatic rings. The zero-order chi connectivity index (χ0) is 16.7. The number of carbonyl (C=O) groups excluding carboxylic acids is 1. The molecule has 0 amide bonds. The van der Waals surface area contributed by atoms with Crippen molar-refractivity contribution in [1.29, 1.82) is 0 Å². The molecular formula is C15H9BrF2KN3O2. The predicted molar refractivity (Wildman–Crippen MR) is 82.4 cm³/mol. The molecule has 0 bridgehead atoms. The van der Waals surface area contributed by atoms with E-state index in [2.05, 4.69) is 26.2 Å². The molecule has 1 aromatic heterocycles. The Bertz CT molecular complexity index is 946. The SMILES string of the molecule is Cn1cnc2c(F)c(Nc3ccc(Br)cc3F)c(C(=O)[O-])cc21.[K+]. The molecule has 2 aromatic carbocycles. The second-order valence-corrected chi connectivity index (χ2v) is 5.79. The van der Waals surface area contributed by atoms with E-state index < -0.39 is 28.9 Å². The van der Waals surface area contributed by atoms with Gasteiger partial charge in [0.05, 0.1) is 29.2 Å². The largest absolute Gasteiger partial charge is 1.00 e. The Balaban J connectivity index is 0.00000208. The molecule has 0 atom stereocenters. The first-order chi connectivity index (χ1) is 10.9. The number of imidazole rings is 1. The van der Waals surface area contributed by atoms with Gasteiger partial charge in [-0.1, -0.05) is 15.9 Å². The van der Waals surface area contributed by atoms with E-state index in [1.807, 2.05) is 0 Å². The molecular weight excluding hydrogens is 411 g/mol. The van der Waals surface area contributed by atoms with Crippen LogP contribution in [-0.4, -0.2) is 15.5 Å².